The molecule has 0 atom stereocenters. The first-order valence-corrected chi connectivity index (χ1v) is 19.1. The van der Waals surface area contributed by atoms with Crippen LogP contribution in [0.15, 0.2) is 137 Å². The second kappa shape index (κ2) is 13.3. The third-order valence-corrected chi connectivity index (χ3v) is 11.8. The Hall–Kier alpha value is -5.86. The molecule has 8 rings (SSSR count). The number of aromatic nitrogens is 2. The molecule has 0 spiro atoms. The van der Waals surface area contributed by atoms with E-state index in [4.69, 9.17) is 9.97 Å². The van der Waals surface area contributed by atoms with E-state index in [0.717, 1.165) is 79.3 Å². The second-order valence-electron chi connectivity index (χ2n) is 13.8. The van der Waals surface area contributed by atoms with E-state index in [9.17, 15) is 10.5 Å². The molecule has 0 unspecified atom stereocenters. The van der Waals surface area contributed by atoms with Crippen LogP contribution in [0.4, 0.5) is 11.4 Å². The molecule has 1 aromatic heterocycles. The van der Waals surface area contributed by atoms with Crippen molar-refractivity contribution in [2.24, 2.45) is 0 Å². The molecule has 1 aliphatic heterocycles. The largest absolute Gasteiger partial charge is 0.310 e. The van der Waals surface area contributed by atoms with Gasteiger partial charge in [-0.1, -0.05) is 105 Å². The zero-order valence-electron chi connectivity index (χ0n) is 30.2. The van der Waals surface area contributed by atoms with Gasteiger partial charge in [0.05, 0.1) is 17.1 Å². The Kier molecular flexibility index (Phi) is 8.58. The van der Waals surface area contributed by atoms with Crippen LogP contribution in [0.2, 0.25) is 0 Å². The molecule has 7 heteroatoms. The highest BCUT2D eigenvalue weighted by atomic mass is 32.2. The summed E-state index contributed by atoms with van der Waals surface area (Å²) >= 11 is 1.87. The highest BCUT2D eigenvalue weighted by Crippen LogP contribution is 2.52. The van der Waals surface area contributed by atoms with Gasteiger partial charge in [0, 0.05) is 56.8 Å². The number of anilines is 2. The Morgan fingerprint density at radius 2 is 1.43 bits per heavy atom. The second-order valence-corrected chi connectivity index (χ2v) is 15.4. The topological polar surface area (TPSA) is 76.6 Å². The number of rotatable bonds is 7. The number of fused-ring (bicyclic) bond motifs is 4. The normalized spacial score (nSPS) is 13.9. The third-order valence-electron chi connectivity index (χ3n) is 10.5. The summed E-state index contributed by atoms with van der Waals surface area (Å²) < 4.78 is 0. The van der Waals surface area contributed by atoms with Crippen molar-refractivity contribution in [2.45, 2.75) is 50.1 Å². The minimum atomic E-state index is -0.185. The summed E-state index contributed by atoms with van der Waals surface area (Å²) in [5.74, 6) is 0. The van der Waals surface area contributed by atoms with Gasteiger partial charge in [-0.3, -0.25) is 0 Å². The molecule has 0 N–H and O–H groups in total. The third kappa shape index (κ3) is 5.39. The number of aryl methyl sites for hydroxylation is 2. The van der Waals surface area contributed by atoms with E-state index in [1.807, 2.05) is 12.1 Å². The zero-order valence-corrected chi connectivity index (χ0v) is 31.8. The van der Waals surface area contributed by atoms with Crippen molar-refractivity contribution in [1.29, 1.82) is 10.5 Å². The summed E-state index contributed by atoms with van der Waals surface area (Å²) in [7, 11) is 0. The van der Waals surface area contributed by atoms with Crippen LogP contribution in [0, 0.1) is 35.2 Å². The Bertz CT molecular complexity index is 2690. The van der Waals surface area contributed by atoms with E-state index in [1.54, 1.807) is 0 Å². The first kappa shape index (κ1) is 34.2. The maximum Gasteiger partial charge on any atom is 0.145 e. The maximum atomic E-state index is 9.53. The Morgan fingerprint density at radius 3 is 2.11 bits per heavy atom. The minimum absolute atomic E-state index is 0.185. The smallest absolute Gasteiger partial charge is 0.145 e. The van der Waals surface area contributed by atoms with E-state index in [0.29, 0.717) is 10.1 Å². The maximum absolute atomic E-state index is 9.53. The van der Waals surface area contributed by atoms with Gasteiger partial charge in [-0.05, 0) is 94.9 Å². The van der Waals surface area contributed by atoms with Gasteiger partial charge in [0.2, 0.25) is 0 Å². The lowest BCUT2D eigenvalue weighted by molar-refractivity contribution is 0.621. The van der Waals surface area contributed by atoms with Gasteiger partial charge in [0.1, 0.15) is 20.9 Å². The lowest BCUT2D eigenvalue weighted by Gasteiger charge is -2.42. The molecule has 0 amide bonds. The van der Waals surface area contributed by atoms with Crippen LogP contribution in [0.25, 0.3) is 55.5 Å². The first-order valence-electron chi connectivity index (χ1n) is 17.4. The van der Waals surface area contributed by atoms with E-state index >= 15 is 0 Å². The summed E-state index contributed by atoms with van der Waals surface area (Å²) in [5.41, 5.74) is 16.1. The van der Waals surface area contributed by atoms with Gasteiger partial charge in [-0.15, -0.1) is 0 Å². The fourth-order valence-electron chi connectivity index (χ4n) is 8.14. The number of hydrogen-bond donors (Lipinski definition) is 0. The number of nitriles is 2. The van der Waals surface area contributed by atoms with Gasteiger partial charge in [0.15, 0.2) is 0 Å². The highest BCUT2D eigenvalue weighted by molar-refractivity contribution is 8.06. The van der Waals surface area contributed by atoms with Crippen LogP contribution >= 0.6 is 23.5 Å². The van der Waals surface area contributed by atoms with Crippen molar-refractivity contribution in [2.75, 3.05) is 4.90 Å². The molecule has 0 bridgehead atoms. The highest BCUT2D eigenvalue weighted by Gasteiger charge is 2.37. The summed E-state index contributed by atoms with van der Waals surface area (Å²) in [6.07, 6.45) is 6.30. The number of thiocyanates is 2. The molecule has 2 aliphatic rings. The van der Waals surface area contributed by atoms with Crippen molar-refractivity contribution in [3.05, 3.63) is 144 Å². The van der Waals surface area contributed by atoms with Crippen LogP contribution in [-0.4, -0.2) is 9.97 Å². The number of allylic oxidation sites excluding steroid dienone is 4. The quantitative estimate of drug-likeness (QED) is 0.120. The molecule has 0 saturated carbocycles. The van der Waals surface area contributed by atoms with Gasteiger partial charge in [-0.2, -0.15) is 10.5 Å². The minimum Gasteiger partial charge on any atom is -0.310 e. The fourth-order valence-corrected chi connectivity index (χ4v) is 9.11. The monoisotopic (exact) mass is 721 g/mol. The van der Waals surface area contributed by atoms with E-state index in [2.05, 4.69) is 154 Å². The van der Waals surface area contributed by atoms with E-state index in [1.165, 1.54) is 39.1 Å². The SMILES string of the molecule is C=CC1=C(/C=C\C)N(c2ccc(-c3ccc(-c4ccc5cccc6c5c4-c4nc(SC#N)c(SC#N)nc4-6)cc3C)c(C)c2)c2ccccc2C1(C)C. The van der Waals surface area contributed by atoms with Crippen LogP contribution in [0.5, 0.6) is 0 Å². The lowest BCUT2D eigenvalue weighted by atomic mass is 9.73. The molecule has 5 nitrogen and oxygen atoms in total. The summed E-state index contributed by atoms with van der Waals surface area (Å²) in [4.78, 5) is 12.2. The molecular formula is C46H35N5S2. The molecule has 6 aromatic rings. The van der Waals surface area contributed by atoms with Gasteiger partial charge in [-0.25, -0.2) is 9.97 Å². The average molecular weight is 722 g/mol. The molecule has 53 heavy (non-hydrogen) atoms. The van der Waals surface area contributed by atoms with Crippen LogP contribution < -0.4 is 4.90 Å². The number of benzene rings is 5. The molecule has 5 aromatic carbocycles. The van der Waals surface area contributed by atoms with Crippen LogP contribution in [-0.2, 0) is 5.41 Å². The number of thioether (sulfide) groups is 2. The van der Waals surface area contributed by atoms with E-state index in [-0.39, 0.29) is 5.41 Å². The standard InChI is InChI=1S/C46H35N5S2/c1-7-12-38-36(8-2)46(5,6)37-15-9-10-16-39(37)51(38)31-19-22-33(28(4)24-31)32-20-18-30(23-27(32)3)34-21-17-29-13-11-14-35-40(29)41(34)43-42(35)49-44(52-25-47)45(50-43)53-26-48/h7-24H,2H2,1,3-6H3/b12-7-. The Balaban J connectivity index is 1.22. The number of hydrogen-bond acceptors (Lipinski definition) is 7. The molecule has 0 fully saturated rings. The van der Waals surface area contributed by atoms with Crippen molar-refractivity contribution in [3.8, 4) is 55.6 Å². The molecule has 0 saturated heterocycles. The average Bonchev–Trinajstić information content (AvgIpc) is 3.47. The van der Waals surface area contributed by atoms with E-state index < -0.39 is 0 Å². The molecule has 0 radical (unpaired) electrons. The lowest BCUT2D eigenvalue weighted by Crippen LogP contribution is -2.33. The van der Waals surface area contributed by atoms with Crippen molar-refractivity contribution < 1.29 is 0 Å². The molecule has 256 valence electrons. The summed E-state index contributed by atoms with van der Waals surface area (Å²) in [6.45, 7) is 15.2. The zero-order chi connectivity index (χ0) is 37.0. The molecular weight excluding hydrogens is 687 g/mol. The first-order chi connectivity index (χ1) is 25.7. The predicted octanol–water partition coefficient (Wildman–Crippen LogP) is 12.8. The van der Waals surface area contributed by atoms with Crippen molar-refractivity contribution >= 4 is 45.7 Å². The summed E-state index contributed by atoms with van der Waals surface area (Å²) in [5, 5.41) is 26.3. The Morgan fingerprint density at radius 1 is 0.755 bits per heavy atom. The Labute approximate surface area is 319 Å². The number of para-hydroxylation sites is 1. The predicted molar refractivity (Wildman–Crippen MR) is 221 cm³/mol. The van der Waals surface area contributed by atoms with Crippen LogP contribution in [0.3, 0.4) is 0 Å². The van der Waals surface area contributed by atoms with Crippen LogP contribution in [0.1, 0.15) is 37.5 Å². The van der Waals surface area contributed by atoms with Crippen molar-refractivity contribution in [3.63, 3.8) is 0 Å². The molecule has 2 heterocycles. The fraction of sp³-hybridized carbons (Fsp3) is 0.130. The van der Waals surface area contributed by atoms with Gasteiger partial charge in [0.25, 0.3) is 0 Å². The summed E-state index contributed by atoms with van der Waals surface area (Å²) in [6, 6.07) is 32.6. The van der Waals surface area contributed by atoms with Gasteiger partial charge < -0.3 is 4.90 Å². The molecule has 1 aliphatic carbocycles. The van der Waals surface area contributed by atoms with Crippen molar-refractivity contribution in [1.82, 2.24) is 9.97 Å². The van der Waals surface area contributed by atoms with Gasteiger partial charge >= 0.3 is 0 Å². The number of nitrogens with zero attached hydrogens (tertiary/aromatic N) is 5.